The lowest BCUT2D eigenvalue weighted by atomic mass is 10.1. The van der Waals surface area contributed by atoms with Crippen molar-refractivity contribution in [2.24, 2.45) is 0 Å². The van der Waals surface area contributed by atoms with Crippen molar-refractivity contribution in [2.75, 3.05) is 32.8 Å². The van der Waals surface area contributed by atoms with E-state index in [0.717, 1.165) is 0 Å². The SMILES string of the molecule is COc1cc(CN(C(=O)c2ccccc2F)C2CCS(=O)(=O)C2)cc(OC)c1OC. The van der Waals surface area contributed by atoms with Crippen molar-refractivity contribution in [3.63, 3.8) is 0 Å². The smallest absolute Gasteiger partial charge is 0.257 e. The molecule has 0 saturated carbocycles. The molecule has 0 aliphatic carbocycles. The van der Waals surface area contributed by atoms with Crippen LogP contribution in [0, 0.1) is 5.82 Å². The molecule has 1 aliphatic rings. The van der Waals surface area contributed by atoms with Crippen LogP contribution in [0.25, 0.3) is 0 Å². The maximum Gasteiger partial charge on any atom is 0.257 e. The Labute approximate surface area is 175 Å². The average Bonchev–Trinajstić information content (AvgIpc) is 3.10. The highest BCUT2D eigenvalue weighted by molar-refractivity contribution is 7.91. The minimum atomic E-state index is -3.25. The summed E-state index contributed by atoms with van der Waals surface area (Å²) in [6.45, 7) is 0.0596. The number of ether oxygens (including phenoxy) is 3. The van der Waals surface area contributed by atoms with Gasteiger partial charge in [0.25, 0.3) is 5.91 Å². The lowest BCUT2D eigenvalue weighted by Crippen LogP contribution is -2.41. The van der Waals surface area contributed by atoms with Gasteiger partial charge in [0.05, 0.1) is 38.4 Å². The van der Waals surface area contributed by atoms with Gasteiger partial charge in [-0.15, -0.1) is 0 Å². The van der Waals surface area contributed by atoms with Gasteiger partial charge in [-0.25, -0.2) is 12.8 Å². The molecule has 0 spiro atoms. The first-order chi connectivity index (χ1) is 14.3. The molecule has 3 rings (SSSR count). The minimum absolute atomic E-state index is 0.00598. The van der Waals surface area contributed by atoms with Crippen LogP contribution in [0.1, 0.15) is 22.3 Å². The summed E-state index contributed by atoms with van der Waals surface area (Å²) in [5, 5.41) is 0. The predicted octanol–water partition coefficient (Wildman–Crippen LogP) is 2.68. The first kappa shape index (κ1) is 21.9. The van der Waals surface area contributed by atoms with Crippen LogP contribution in [0.5, 0.6) is 17.2 Å². The van der Waals surface area contributed by atoms with Crippen LogP contribution in [-0.2, 0) is 16.4 Å². The van der Waals surface area contributed by atoms with Gasteiger partial charge in [0.15, 0.2) is 21.3 Å². The van der Waals surface area contributed by atoms with Crippen molar-refractivity contribution in [2.45, 2.75) is 19.0 Å². The third kappa shape index (κ3) is 4.51. The first-order valence-corrected chi connectivity index (χ1v) is 11.2. The molecule has 30 heavy (non-hydrogen) atoms. The Kier molecular flexibility index (Phi) is 6.50. The van der Waals surface area contributed by atoms with Gasteiger partial charge in [0, 0.05) is 12.6 Å². The van der Waals surface area contributed by atoms with E-state index in [1.807, 2.05) is 0 Å². The number of amides is 1. The highest BCUT2D eigenvalue weighted by Crippen LogP contribution is 2.39. The van der Waals surface area contributed by atoms with Gasteiger partial charge in [0.2, 0.25) is 5.75 Å². The molecule has 1 heterocycles. The van der Waals surface area contributed by atoms with Gasteiger partial charge >= 0.3 is 0 Å². The van der Waals surface area contributed by atoms with Crippen molar-refractivity contribution in [3.8, 4) is 17.2 Å². The molecule has 1 fully saturated rings. The van der Waals surface area contributed by atoms with Crippen molar-refractivity contribution >= 4 is 15.7 Å². The van der Waals surface area contributed by atoms with Crippen LogP contribution in [0.4, 0.5) is 4.39 Å². The molecule has 162 valence electrons. The van der Waals surface area contributed by atoms with Gasteiger partial charge in [-0.05, 0) is 36.2 Å². The third-order valence-corrected chi connectivity index (χ3v) is 6.84. The van der Waals surface area contributed by atoms with Gasteiger partial charge in [-0.1, -0.05) is 12.1 Å². The number of carbonyl (C=O) groups is 1. The number of nitrogens with zero attached hydrogens (tertiary/aromatic N) is 1. The maximum absolute atomic E-state index is 14.3. The van der Waals surface area contributed by atoms with E-state index < -0.39 is 27.6 Å². The molecule has 1 unspecified atom stereocenters. The number of halogens is 1. The summed E-state index contributed by atoms with van der Waals surface area (Å²) in [4.78, 5) is 14.6. The van der Waals surface area contributed by atoms with E-state index in [1.165, 1.54) is 44.4 Å². The zero-order valence-electron chi connectivity index (χ0n) is 17.1. The Hall–Kier alpha value is -2.81. The number of methoxy groups -OCH3 is 3. The highest BCUT2D eigenvalue weighted by Gasteiger charge is 2.36. The fourth-order valence-corrected chi connectivity index (χ4v) is 5.33. The molecule has 7 nitrogen and oxygen atoms in total. The van der Waals surface area contributed by atoms with E-state index in [0.29, 0.717) is 29.2 Å². The van der Waals surface area contributed by atoms with Crippen LogP contribution in [0.2, 0.25) is 0 Å². The lowest BCUT2D eigenvalue weighted by molar-refractivity contribution is 0.0675. The summed E-state index contributed by atoms with van der Waals surface area (Å²) in [7, 11) is 1.19. The molecule has 1 aliphatic heterocycles. The van der Waals surface area contributed by atoms with Crippen LogP contribution < -0.4 is 14.2 Å². The largest absolute Gasteiger partial charge is 0.493 e. The summed E-state index contributed by atoms with van der Waals surface area (Å²) in [6, 6.07) is 8.48. The number of sulfone groups is 1. The van der Waals surface area contributed by atoms with Crippen LogP contribution in [0.15, 0.2) is 36.4 Å². The lowest BCUT2D eigenvalue weighted by Gasteiger charge is -2.29. The molecule has 0 aromatic heterocycles. The van der Waals surface area contributed by atoms with E-state index in [2.05, 4.69) is 0 Å². The van der Waals surface area contributed by atoms with E-state index in [1.54, 1.807) is 18.2 Å². The van der Waals surface area contributed by atoms with Crippen molar-refractivity contribution in [1.82, 2.24) is 4.90 Å². The topological polar surface area (TPSA) is 82.1 Å². The summed E-state index contributed by atoms with van der Waals surface area (Å²) in [5.41, 5.74) is 0.535. The zero-order chi connectivity index (χ0) is 21.9. The molecule has 1 amide bonds. The normalized spacial score (nSPS) is 17.4. The quantitative estimate of drug-likeness (QED) is 0.663. The number of rotatable bonds is 7. The Morgan fingerprint density at radius 2 is 1.73 bits per heavy atom. The molecule has 1 saturated heterocycles. The Morgan fingerprint density at radius 1 is 1.10 bits per heavy atom. The monoisotopic (exact) mass is 437 g/mol. The molecule has 0 bridgehead atoms. The third-order valence-electron chi connectivity index (χ3n) is 5.09. The Morgan fingerprint density at radius 3 is 2.23 bits per heavy atom. The van der Waals surface area contributed by atoms with Crippen LogP contribution in [-0.4, -0.2) is 58.1 Å². The van der Waals surface area contributed by atoms with Crippen molar-refractivity contribution in [1.29, 1.82) is 0 Å². The first-order valence-electron chi connectivity index (χ1n) is 9.34. The van der Waals surface area contributed by atoms with Gasteiger partial charge < -0.3 is 19.1 Å². The number of hydrogen-bond donors (Lipinski definition) is 0. The zero-order valence-corrected chi connectivity index (χ0v) is 17.9. The van der Waals surface area contributed by atoms with Crippen molar-refractivity contribution in [3.05, 3.63) is 53.3 Å². The average molecular weight is 437 g/mol. The van der Waals surface area contributed by atoms with Crippen molar-refractivity contribution < 1.29 is 31.8 Å². The van der Waals surface area contributed by atoms with Gasteiger partial charge in [-0.3, -0.25) is 4.79 Å². The van der Waals surface area contributed by atoms with E-state index in [-0.39, 0.29) is 23.6 Å². The second-order valence-electron chi connectivity index (χ2n) is 7.00. The summed E-state index contributed by atoms with van der Waals surface area (Å²) in [5.74, 6) is -0.166. The Balaban J connectivity index is 2.01. The highest BCUT2D eigenvalue weighted by atomic mass is 32.2. The molecular formula is C21H24FNO6S. The fourth-order valence-electron chi connectivity index (χ4n) is 3.60. The molecule has 2 aromatic carbocycles. The molecular weight excluding hydrogens is 413 g/mol. The molecule has 0 radical (unpaired) electrons. The number of benzene rings is 2. The van der Waals surface area contributed by atoms with E-state index >= 15 is 0 Å². The standard InChI is InChI=1S/C21H24FNO6S/c1-27-18-10-14(11-19(28-2)20(18)29-3)12-23(15-8-9-30(25,26)13-15)21(24)16-6-4-5-7-17(16)22/h4-7,10-11,15H,8-9,12-13H2,1-3H3. The second-order valence-corrected chi connectivity index (χ2v) is 9.23. The summed E-state index contributed by atoms with van der Waals surface area (Å²) in [6.07, 6.45) is 0.299. The number of hydrogen-bond acceptors (Lipinski definition) is 6. The predicted molar refractivity (Wildman–Crippen MR) is 109 cm³/mol. The fraction of sp³-hybridized carbons (Fsp3) is 0.381. The number of carbonyl (C=O) groups excluding carboxylic acids is 1. The summed E-state index contributed by atoms with van der Waals surface area (Å²) >= 11 is 0. The summed E-state index contributed by atoms with van der Waals surface area (Å²) < 4.78 is 54.4. The van der Waals surface area contributed by atoms with Crippen LogP contribution in [0.3, 0.4) is 0 Å². The molecule has 2 aromatic rings. The second kappa shape index (κ2) is 8.91. The molecule has 9 heteroatoms. The van der Waals surface area contributed by atoms with E-state index in [4.69, 9.17) is 14.2 Å². The minimum Gasteiger partial charge on any atom is -0.493 e. The Bertz CT molecular complexity index is 1010. The molecule has 0 N–H and O–H groups in total. The van der Waals surface area contributed by atoms with Gasteiger partial charge in [-0.2, -0.15) is 0 Å². The van der Waals surface area contributed by atoms with Crippen LogP contribution >= 0.6 is 0 Å². The van der Waals surface area contributed by atoms with E-state index in [9.17, 15) is 17.6 Å². The maximum atomic E-state index is 14.3. The van der Waals surface area contributed by atoms with Gasteiger partial charge in [0.1, 0.15) is 5.82 Å². The molecule has 1 atom stereocenters.